The number of aromatic nitrogens is 1. The predicted molar refractivity (Wildman–Crippen MR) is 69.7 cm³/mol. The summed E-state index contributed by atoms with van der Waals surface area (Å²) in [4.78, 5) is 3.18. The summed E-state index contributed by atoms with van der Waals surface area (Å²) >= 11 is 0. The lowest BCUT2D eigenvalue weighted by atomic mass is 10.2. The number of nitrogens with one attached hydrogen (secondary N) is 2. The van der Waals surface area contributed by atoms with Crippen molar-refractivity contribution in [1.82, 2.24) is 4.98 Å². The van der Waals surface area contributed by atoms with Crippen molar-refractivity contribution in [2.45, 2.75) is 6.92 Å². The molecule has 4 nitrogen and oxygen atoms in total. The number of hydrogen-bond acceptors (Lipinski definition) is 3. The number of H-pyrrole nitrogens is 1. The second-order valence-corrected chi connectivity index (χ2v) is 4.07. The fourth-order valence-corrected chi connectivity index (χ4v) is 1.98. The van der Waals surface area contributed by atoms with Gasteiger partial charge in [0, 0.05) is 17.0 Å². The minimum absolute atomic E-state index is 0.597. The summed E-state index contributed by atoms with van der Waals surface area (Å²) < 4.78 is 5.44. The van der Waals surface area contributed by atoms with Gasteiger partial charge in [-0.25, -0.2) is 0 Å². The Bertz CT molecular complexity index is 746. The Kier molecular flexibility index (Phi) is 2.31. The van der Waals surface area contributed by atoms with Crippen molar-refractivity contribution in [3.8, 4) is 6.07 Å². The first-order valence-electron chi connectivity index (χ1n) is 5.62. The summed E-state index contributed by atoms with van der Waals surface area (Å²) in [6.45, 7) is 1.88. The Balaban J connectivity index is 2.09. The molecule has 4 heteroatoms. The molecule has 0 amide bonds. The van der Waals surface area contributed by atoms with Gasteiger partial charge in [0.15, 0.2) is 5.88 Å². The number of fused-ring (bicyclic) bond motifs is 1. The molecular formula is C14H11N3O. The zero-order valence-electron chi connectivity index (χ0n) is 9.82. The number of nitrogens with zero attached hydrogens (tertiary/aromatic N) is 1. The first kappa shape index (κ1) is 10.5. The summed E-state index contributed by atoms with van der Waals surface area (Å²) in [7, 11) is 0. The van der Waals surface area contributed by atoms with Gasteiger partial charge in [0.1, 0.15) is 23.2 Å². The van der Waals surface area contributed by atoms with Crippen LogP contribution in [-0.4, -0.2) is 4.98 Å². The van der Waals surface area contributed by atoms with Crippen LogP contribution in [0.25, 0.3) is 10.9 Å². The molecule has 3 rings (SSSR count). The van der Waals surface area contributed by atoms with E-state index < -0.39 is 0 Å². The SMILES string of the molecule is Cc1ccc(Nc2[nH]c3ccccc3c2C#N)o1. The molecule has 3 aromatic rings. The van der Waals surface area contributed by atoms with E-state index in [9.17, 15) is 5.26 Å². The summed E-state index contributed by atoms with van der Waals surface area (Å²) in [5, 5.41) is 13.2. The minimum Gasteiger partial charge on any atom is -0.446 e. The maximum atomic E-state index is 9.25. The number of anilines is 2. The molecule has 18 heavy (non-hydrogen) atoms. The summed E-state index contributed by atoms with van der Waals surface area (Å²) in [6.07, 6.45) is 0. The number of aryl methyl sites for hydroxylation is 1. The summed E-state index contributed by atoms with van der Waals surface area (Å²) in [6, 6.07) is 13.6. The quantitative estimate of drug-likeness (QED) is 0.714. The first-order valence-corrected chi connectivity index (χ1v) is 5.62. The van der Waals surface area contributed by atoms with Gasteiger partial charge >= 0.3 is 0 Å². The van der Waals surface area contributed by atoms with E-state index in [0.717, 1.165) is 16.7 Å². The summed E-state index contributed by atoms with van der Waals surface area (Å²) in [5.74, 6) is 2.11. The molecule has 1 aromatic carbocycles. The molecule has 2 N–H and O–H groups in total. The molecule has 0 aliphatic carbocycles. The maximum Gasteiger partial charge on any atom is 0.198 e. The molecule has 0 aliphatic rings. The monoisotopic (exact) mass is 237 g/mol. The van der Waals surface area contributed by atoms with E-state index in [4.69, 9.17) is 4.42 Å². The average Bonchev–Trinajstić information content (AvgIpc) is 2.92. The van der Waals surface area contributed by atoms with Gasteiger partial charge in [-0.05, 0) is 19.1 Å². The predicted octanol–water partition coefficient (Wildman–Crippen LogP) is 3.68. The van der Waals surface area contributed by atoms with Gasteiger partial charge in [0.25, 0.3) is 0 Å². The molecule has 2 heterocycles. The van der Waals surface area contributed by atoms with E-state index in [1.54, 1.807) is 0 Å². The van der Waals surface area contributed by atoms with E-state index >= 15 is 0 Å². The van der Waals surface area contributed by atoms with Crippen molar-refractivity contribution in [1.29, 1.82) is 5.26 Å². The molecule has 0 unspecified atom stereocenters. The van der Waals surface area contributed by atoms with Crippen LogP contribution < -0.4 is 5.32 Å². The van der Waals surface area contributed by atoms with Crippen LogP contribution >= 0.6 is 0 Å². The van der Waals surface area contributed by atoms with Gasteiger partial charge in [0.2, 0.25) is 0 Å². The standard InChI is InChI=1S/C14H11N3O/c1-9-6-7-13(18-9)17-14-11(8-15)10-4-2-3-5-12(10)16-14/h2-7,16-17H,1H3. The Hall–Kier alpha value is -2.67. The Morgan fingerprint density at radius 1 is 1.22 bits per heavy atom. The van der Waals surface area contributed by atoms with Crippen molar-refractivity contribution in [2.75, 3.05) is 5.32 Å². The minimum atomic E-state index is 0.597. The van der Waals surface area contributed by atoms with Crippen LogP contribution in [0.4, 0.5) is 11.7 Å². The summed E-state index contributed by atoms with van der Waals surface area (Å²) in [5.41, 5.74) is 1.53. The molecule has 0 fully saturated rings. The fraction of sp³-hybridized carbons (Fsp3) is 0.0714. The van der Waals surface area contributed by atoms with Gasteiger partial charge in [-0.1, -0.05) is 18.2 Å². The number of para-hydroxylation sites is 1. The molecule has 2 aromatic heterocycles. The average molecular weight is 237 g/mol. The lowest BCUT2D eigenvalue weighted by Crippen LogP contribution is -1.90. The molecule has 0 bridgehead atoms. The van der Waals surface area contributed by atoms with Crippen molar-refractivity contribution in [2.24, 2.45) is 0 Å². The molecule has 0 saturated heterocycles. The van der Waals surface area contributed by atoms with Gasteiger partial charge in [-0.3, -0.25) is 0 Å². The van der Waals surface area contributed by atoms with Crippen LogP contribution in [0.2, 0.25) is 0 Å². The zero-order valence-corrected chi connectivity index (χ0v) is 9.82. The Morgan fingerprint density at radius 2 is 2.06 bits per heavy atom. The van der Waals surface area contributed by atoms with Crippen LogP contribution in [0.15, 0.2) is 40.8 Å². The number of furan rings is 1. The van der Waals surface area contributed by atoms with E-state index in [1.165, 1.54) is 0 Å². The molecule has 0 saturated carbocycles. The van der Waals surface area contributed by atoms with Crippen molar-refractivity contribution in [3.05, 3.63) is 47.7 Å². The number of rotatable bonds is 2. The number of nitriles is 1. The Labute approximate surface area is 104 Å². The van der Waals surface area contributed by atoms with E-state index in [1.807, 2.05) is 43.3 Å². The van der Waals surface area contributed by atoms with Crippen LogP contribution in [0.1, 0.15) is 11.3 Å². The van der Waals surface area contributed by atoms with Crippen molar-refractivity contribution in [3.63, 3.8) is 0 Å². The highest BCUT2D eigenvalue weighted by Gasteiger charge is 2.11. The first-order chi connectivity index (χ1) is 8.78. The highest BCUT2D eigenvalue weighted by molar-refractivity contribution is 5.92. The smallest absolute Gasteiger partial charge is 0.198 e. The van der Waals surface area contributed by atoms with Crippen molar-refractivity contribution < 1.29 is 4.42 Å². The van der Waals surface area contributed by atoms with Gasteiger partial charge < -0.3 is 14.7 Å². The third-order valence-corrected chi connectivity index (χ3v) is 2.81. The zero-order chi connectivity index (χ0) is 12.5. The van der Waals surface area contributed by atoms with Gasteiger partial charge in [-0.15, -0.1) is 0 Å². The third-order valence-electron chi connectivity index (χ3n) is 2.81. The molecule has 0 spiro atoms. The number of hydrogen-bond donors (Lipinski definition) is 2. The van der Waals surface area contributed by atoms with Crippen molar-refractivity contribution >= 4 is 22.6 Å². The van der Waals surface area contributed by atoms with E-state index in [2.05, 4.69) is 16.4 Å². The maximum absolute atomic E-state index is 9.25. The Morgan fingerprint density at radius 3 is 2.78 bits per heavy atom. The highest BCUT2D eigenvalue weighted by Crippen LogP contribution is 2.28. The number of aromatic amines is 1. The topological polar surface area (TPSA) is 64.8 Å². The largest absolute Gasteiger partial charge is 0.446 e. The molecule has 0 aliphatic heterocycles. The lowest BCUT2D eigenvalue weighted by Gasteiger charge is -1.99. The second-order valence-electron chi connectivity index (χ2n) is 4.07. The van der Waals surface area contributed by atoms with Crippen LogP contribution in [-0.2, 0) is 0 Å². The normalized spacial score (nSPS) is 10.4. The van der Waals surface area contributed by atoms with Gasteiger partial charge in [-0.2, -0.15) is 5.26 Å². The van der Waals surface area contributed by atoms with Crippen LogP contribution in [0, 0.1) is 18.3 Å². The van der Waals surface area contributed by atoms with Crippen LogP contribution in [0.3, 0.4) is 0 Å². The molecular weight excluding hydrogens is 226 g/mol. The van der Waals surface area contributed by atoms with E-state index in [-0.39, 0.29) is 0 Å². The second kappa shape index (κ2) is 3.97. The van der Waals surface area contributed by atoms with E-state index in [0.29, 0.717) is 17.3 Å². The third kappa shape index (κ3) is 1.62. The molecule has 0 atom stereocenters. The lowest BCUT2D eigenvalue weighted by molar-refractivity contribution is 0.551. The molecule has 88 valence electrons. The fourth-order valence-electron chi connectivity index (χ4n) is 1.98. The van der Waals surface area contributed by atoms with Gasteiger partial charge in [0.05, 0.1) is 0 Å². The number of benzene rings is 1. The van der Waals surface area contributed by atoms with Crippen LogP contribution in [0.5, 0.6) is 0 Å². The molecule has 0 radical (unpaired) electrons. The highest BCUT2D eigenvalue weighted by atomic mass is 16.4.